The zero-order valence-corrected chi connectivity index (χ0v) is 22.2. The Kier molecular flexibility index (Phi) is 7.75. The molecule has 0 radical (unpaired) electrons. The lowest BCUT2D eigenvalue weighted by molar-refractivity contribution is -0.153. The smallest absolute Gasteiger partial charge is 0.431 e. The van der Waals surface area contributed by atoms with Crippen LogP contribution in [0.2, 0.25) is 0 Å². The second-order valence-corrected chi connectivity index (χ2v) is 11.9. The normalized spacial score (nSPS) is 14.8. The van der Waals surface area contributed by atoms with Crippen LogP contribution in [0.4, 0.5) is 19.0 Å². The summed E-state index contributed by atoms with van der Waals surface area (Å²) < 4.78 is 71.5. The minimum absolute atomic E-state index is 0.00783. The zero-order chi connectivity index (χ0) is 28.3. The van der Waals surface area contributed by atoms with E-state index in [0.29, 0.717) is 42.9 Å². The van der Waals surface area contributed by atoms with Crippen molar-refractivity contribution in [3.05, 3.63) is 102 Å². The molecule has 0 bridgehead atoms. The predicted octanol–water partition coefficient (Wildman–Crippen LogP) is 5.76. The van der Waals surface area contributed by atoms with Crippen molar-refractivity contribution < 1.29 is 30.8 Å². The minimum Gasteiger partial charge on any atom is -0.431 e. The first-order chi connectivity index (χ1) is 19.1. The largest absolute Gasteiger partial charge is 0.452 e. The summed E-state index contributed by atoms with van der Waals surface area (Å²) in [6.45, 7) is 1.00. The lowest BCUT2D eigenvalue weighted by Crippen LogP contribution is -2.40. The molecule has 5 rings (SSSR count). The molecule has 0 amide bonds. The number of oxazole rings is 1. The SMILES string of the molecule is O=C(Cc1ccc(N2CCC(S(=O)(=O)Cc3ccccc3)CC2)nc1)c1nc(-c2ccccc2)oc1C(F)(F)F. The van der Waals surface area contributed by atoms with Crippen molar-refractivity contribution in [2.75, 3.05) is 18.0 Å². The minimum atomic E-state index is -4.88. The molecule has 2 aromatic heterocycles. The average molecular weight is 570 g/mol. The van der Waals surface area contributed by atoms with Crippen molar-refractivity contribution in [2.24, 2.45) is 0 Å². The highest BCUT2D eigenvalue weighted by Gasteiger charge is 2.41. The highest BCUT2D eigenvalue weighted by atomic mass is 32.2. The van der Waals surface area contributed by atoms with E-state index < -0.39 is 38.5 Å². The Hall–Kier alpha value is -3.99. The first-order valence-corrected chi connectivity index (χ1v) is 14.4. The van der Waals surface area contributed by atoms with Gasteiger partial charge in [-0.2, -0.15) is 13.2 Å². The van der Waals surface area contributed by atoms with Gasteiger partial charge in [-0.05, 0) is 42.2 Å². The molecule has 1 aliphatic heterocycles. The number of ketones is 1. The second-order valence-electron chi connectivity index (χ2n) is 9.66. The van der Waals surface area contributed by atoms with Crippen molar-refractivity contribution in [3.8, 4) is 11.5 Å². The average Bonchev–Trinajstić information content (AvgIpc) is 3.41. The lowest BCUT2D eigenvalue weighted by Gasteiger charge is -2.32. The van der Waals surface area contributed by atoms with E-state index >= 15 is 0 Å². The molecule has 0 spiro atoms. The first-order valence-electron chi connectivity index (χ1n) is 12.7. The molecule has 0 atom stereocenters. The molecule has 0 aliphatic carbocycles. The van der Waals surface area contributed by atoms with Crippen LogP contribution in [0, 0.1) is 0 Å². The predicted molar refractivity (Wildman–Crippen MR) is 144 cm³/mol. The number of aromatic nitrogens is 2. The number of Topliss-reactive ketones (excluding diaryl/α,β-unsaturated/α-hetero) is 1. The molecular weight excluding hydrogens is 543 g/mol. The third-order valence-corrected chi connectivity index (χ3v) is 9.05. The van der Waals surface area contributed by atoms with Crippen LogP contribution >= 0.6 is 0 Å². The number of rotatable bonds is 8. The molecule has 0 N–H and O–H groups in total. The Labute approximate surface area is 229 Å². The number of piperidine rings is 1. The molecule has 4 aromatic rings. The summed E-state index contributed by atoms with van der Waals surface area (Å²) in [4.78, 5) is 23.1. The molecule has 11 heteroatoms. The van der Waals surface area contributed by atoms with Gasteiger partial charge in [-0.1, -0.05) is 54.6 Å². The summed E-state index contributed by atoms with van der Waals surface area (Å²) in [5.74, 6) is -1.92. The van der Waals surface area contributed by atoms with Crippen molar-refractivity contribution in [1.82, 2.24) is 9.97 Å². The van der Waals surface area contributed by atoms with Crippen molar-refractivity contribution in [3.63, 3.8) is 0 Å². The maximum atomic E-state index is 13.6. The van der Waals surface area contributed by atoms with E-state index in [1.807, 2.05) is 23.1 Å². The van der Waals surface area contributed by atoms with Gasteiger partial charge in [0.2, 0.25) is 11.7 Å². The number of hydrogen-bond donors (Lipinski definition) is 0. The van der Waals surface area contributed by atoms with Crippen molar-refractivity contribution in [1.29, 1.82) is 0 Å². The molecule has 40 heavy (non-hydrogen) atoms. The van der Waals surface area contributed by atoms with Crippen LogP contribution < -0.4 is 4.90 Å². The third kappa shape index (κ3) is 6.25. The topological polar surface area (TPSA) is 93.4 Å². The maximum Gasteiger partial charge on any atom is 0.452 e. The summed E-state index contributed by atoms with van der Waals surface area (Å²) in [5, 5.41) is -0.438. The van der Waals surface area contributed by atoms with Crippen LogP contribution in [0.3, 0.4) is 0 Å². The fourth-order valence-electron chi connectivity index (χ4n) is 4.75. The molecule has 2 aromatic carbocycles. The van der Waals surface area contributed by atoms with Gasteiger partial charge in [0.25, 0.3) is 0 Å². The molecular formula is C29H26F3N3O4S. The number of alkyl halides is 3. The maximum absolute atomic E-state index is 13.6. The van der Waals surface area contributed by atoms with Gasteiger partial charge in [0.1, 0.15) is 5.82 Å². The van der Waals surface area contributed by atoms with Gasteiger partial charge < -0.3 is 9.32 Å². The number of sulfone groups is 1. The summed E-state index contributed by atoms with van der Waals surface area (Å²) in [6, 6.07) is 20.5. The Morgan fingerprint density at radius 1 is 0.925 bits per heavy atom. The monoisotopic (exact) mass is 569 g/mol. The van der Waals surface area contributed by atoms with E-state index in [9.17, 15) is 26.4 Å². The molecule has 0 saturated carbocycles. The Bertz CT molecular complexity index is 1560. The number of carbonyl (C=O) groups is 1. The third-order valence-electron chi connectivity index (χ3n) is 6.83. The first kappa shape index (κ1) is 27.6. The summed E-state index contributed by atoms with van der Waals surface area (Å²) in [5.41, 5.74) is 0.747. The summed E-state index contributed by atoms with van der Waals surface area (Å²) >= 11 is 0. The van der Waals surface area contributed by atoms with Crippen LogP contribution in [-0.4, -0.2) is 42.5 Å². The van der Waals surface area contributed by atoms with Gasteiger partial charge in [0.05, 0.1) is 11.0 Å². The summed E-state index contributed by atoms with van der Waals surface area (Å²) in [6.07, 6.45) is -2.85. The Balaban J connectivity index is 1.23. The molecule has 1 aliphatic rings. The number of nitrogens with zero attached hydrogens (tertiary/aromatic N) is 3. The van der Waals surface area contributed by atoms with Gasteiger partial charge in [-0.15, -0.1) is 0 Å². The van der Waals surface area contributed by atoms with E-state index in [-0.39, 0.29) is 18.1 Å². The van der Waals surface area contributed by atoms with Crippen LogP contribution in [0.15, 0.2) is 83.4 Å². The Morgan fingerprint density at radius 3 is 2.17 bits per heavy atom. The van der Waals surface area contributed by atoms with Crippen LogP contribution in [0.5, 0.6) is 0 Å². The van der Waals surface area contributed by atoms with E-state index in [2.05, 4.69) is 9.97 Å². The van der Waals surface area contributed by atoms with E-state index in [0.717, 1.165) is 5.56 Å². The molecule has 208 valence electrons. The molecule has 3 heterocycles. The van der Waals surface area contributed by atoms with Gasteiger partial charge in [-0.3, -0.25) is 4.79 Å². The fraction of sp³-hybridized carbons (Fsp3) is 0.276. The van der Waals surface area contributed by atoms with Gasteiger partial charge in [-0.25, -0.2) is 18.4 Å². The van der Waals surface area contributed by atoms with E-state index in [1.165, 1.54) is 6.20 Å². The standard InChI is InChI=1S/C29H26F3N3O4S/c30-29(31,32)27-26(34-28(39-27)22-9-5-2-6-10-22)24(36)17-21-11-12-25(33-18-21)35-15-13-23(14-16-35)40(37,38)19-20-7-3-1-4-8-20/h1-12,18,23H,13-17,19H2. The van der Waals surface area contributed by atoms with E-state index in [1.54, 1.807) is 54.6 Å². The number of anilines is 1. The van der Waals surface area contributed by atoms with Crippen molar-refractivity contribution in [2.45, 2.75) is 36.4 Å². The lowest BCUT2D eigenvalue weighted by atomic mass is 10.1. The molecule has 7 nitrogen and oxygen atoms in total. The number of pyridine rings is 1. The molecule has 0 unspecified atom stereocenters. The highest BCUT2D eigenvalue weighted by molar-refractivity contribution is 7.91. The number of carbonyl (C=O) groups excluding carboxylic acids is 1. The van der Waals surface area contributed by atoms with Crippen LogP contribution in [0.25, 0.3) is 11.5 Å². The van der Waals surface area contributed by atoms with Crippen molar-refractivity contribution >= 4 is 21.4 Å². The Morgan fingerprint density at radius 2 is 1.57 bits per heavy atom. The van der Waals surface area contributed by atoms with Gasteiger partial charge >= 0.3 is 6.18 Å². The number of hydrogen-bond acceptors (Lipinski definition) is 7. The van der Waals surface area contributed by atoms with Gasteiger partial charge in [0, 0.05) is 31.3 Å². The van der Waals surface area contributed by atoms with E-state index in [4.69, 9.17) is 4.42 Å². The number of halogens is 3. The molecule has 1 saturated heterocycles. The fourth-order valence-corrected chi connectivity index (χ4v) is 6.57. The number of benzene rings is 2. The second kappa shape index (κ2) is 11.2. The zero-order valence-electron chi connectivity index (χ0n) is 21.3. The van der Waals surface area contributed by atoms with Crippen LogP contribution in [0.1, 0.15) is 40.2 Å². The highest BCUT2D eigenvalue weighted by Crippen LogP contribution is 2.36. The summed E-state index contributed by atoms with van der Waals surface area (Å²) in [7, 11) is -3.30. The van der Waals surface area contributed by atoms with Gasteiger partial charge in [0.15, 0.2) is 21.3 Å². The molecule has 1 fully saturated rings. The van der Waals surface area contributed by atoms with Crippen LogP contribution in [-0.2, 0) is 28.2 Å². The quantitative estimate of drug-likeness (QED) is 0.249.